The molecule has 0 saturated heterocycles. The molecule has 0 saturated carbocycles. The van der Waals surface area contributed by atoms with Gasteiger partial charge in [0.2, 0.25) is 0 Å². The second-order valence-corrected chi connectivity index (χ2v) is 3.20. The third-order valence-electron chi connectivity index (χ3n) is 1.39. The lowest BCUT2D eigenvalue weighted by Crippen LogP contribution is -1.99. The smallest absolute Gasteiger partial charge is 0.0797 e. The van der Waals surface area contributed by atoms with Gasteiger partial charge in [-0.3, -0.25) is 0 Å². The number of hydrogen-bond donors (Lipinski definition) is 1. The van der Waals surface area contributed by atoms with E-state index in [9.17, 15) is 0 Å². The van der Waals surface area contributed by atoms with Crippen molar-refractivity contribution in [1.82, 2.24) is 9.59 Å². The molecule has 1 aromatic rings. The van der Waals surface area contributed by atoms with Crippen molar-refractivity contribution in [2.24, 2.45) is 5.73 Å². The molecule has 3 nitrogen and oxygen atoms in total. The van der Waals surface area contributed by atoms with Crippen molar-refractivity contribution >= 4 is 17.6 Å². The van der Waals surface area contributed by atoms with E-state index in [0.29, 0.717) is 6.54 Å². The molecular formula is C7H11N3S. The quantitative estimate of drug-likeness (QED) is 0.724. The number of rotatable bonds is 2. The molecule has 0 aromatic carbocycles. The monoisotopic (exact) mass is 169 g/mol. The molecule has 0 spiro atoms. The van der Waals surface area contributed by atoms with Gasteiger partial charge in [0, 0.05) is 6.54 Å². The van der Waals surface area contributed by atoms with Crippen molar-refractivity contribution in [3.05, 3.63) is 16.1 Å². The van der Waals surface area contributed by atoms with E-state index in [-0.39, 0.29) is 0 Å². The predicted molar refractivity (Wildman–Crippen MR) is 47.4 cm³/mol. The van der Waals surface area contributed by atoms with E-state index in [0.717, 1.165) is 16.1 Å². The fraction of sp³-hybridized carbons (Fsp3) is 0.429. The molecule has 1 rings (SSSR count). The first-order chi connectivity index (χ1) is 5.24. The van der Waals surface area contributed by atoms with Crippen LogP contribution in [0.25, 0.3) is 6.08 Å². The lowest BCUT2D eigenvalue weighted by atomic mass is 10.2. The van der Waals surface area contributed by atoms with Crippen LogP contribution in [0, 0.1) is 6.92 Å². The van der Waals surface area contributed by atoms with Crippen molar-refractivity contribution in [2.75, 3.05) is 6.54 Å². The van der Waals surface area contributed by atoms with Crippen LogP contribution in [0.2, 0.25) is 0 Å². The number of aromatic nitrogens is 2. The van der Waals surface area contributed by atoms with Gasteiger partial charge in [0.1, 0.15) is 0 Å². The number of hydrogen-bond acceptors (Lipinski definition) is 4. The third kappa shape index (κ3) is 2.10. The zero-order valence-electron chi connectivity index (χ0n) is 6.66. The minimum Gasteiger partial charge on any atom is -0.327 e. The van der Waals surface area contributed by atoms with Gasteiger partial charge < -0.3 is 5.73 Å². The minimum atomic E-state index is 0.595. The SMILES string of the molecule is C/C(=C\c1snnc1C)CN. The molecule has 4 heteroatoms. The van der Waals surface area contributed by atoms with Crippen molar-refractivity contribution in [2.45, 2.75) is 13.8 Å². The molecule has 60 valence electrons. The van der Waals surface area contributed by atoms with Gasteiger partial charge in [0.15, 0.2) is 0 Å². The van der Waals surface area contributed by atoms with E-state index < -0.39 is 0 Å². The van der Waals surface area contributed by atoms with Crippen LogP contribution in [-0.2, 0) is 0 Å². The summed E-state index contributed by atoms with van der Waals surface area (Å²) in [6.07, 6.45) is 2.03. The van der Waals surface area contributed by atoms with Crippen LogP contribution in [0.1, 0.15) is 17.5 Å². The lowest BCUT2D eigenvalue weighted by Gasteiger charge is -1.92. The van der Waals surface area contributed by atoms with Gasteiger partial charge >= 0.3 is 0 Å². The van der Waals surface area contributed by atoms with E-state index in [1.165, 1.54) is 11.5 Å². The molecule has 0 unspecified atom stereocenters. The molecule has 0 aliphatic heterocycles. The maximum Gasteiger partial charge on any atom is 0.0797 e. The molecule has 11 heavy (non-hydrogen) atoms. The molecule has 0 aliphatic rings. The first kappa shape index (κ1) is 8.36. The van der Waals surface area contributed by atoms with Crippen LogP contribution in [0.5, 0.6) is 0 Å². The summed E-state index contributed by atoms with van der Waals surface area (Å²) < 4.78 is 3.82. The van der Waals surface area contributed by atoms with Gasteiger partial charge in [-0.1, -0.05) is 10.1 Å². The molecule has 1 heterocycles. The summed E-state index contributed by atoms with van der Waals surface area (Å²) in [6, 6.07) is 0. The van der Waals surface area contributed by atoms with E-state index in [4.69, 9.17) is 5.73 Å². The standard InChI is InChI=1S/C7H11N3S/c1-5(4-8)3-7-6(2)9-10-11-7/h3H,4,8H2,1-2H3/b5-3+. The average molecular weight is 169 g/mol. The summed E-state index contributed by atoms with van der Waals surface area (Å²) in [5.74, 6) is 0. The van der Waals surface area contributed by atoms with Crippen molar-refractivity contribution in [1.29, 1.82) is 0 Å². The molecule has 2 N–H and O–H groups in total. The molecule has 0 bridgehead atoms. The van der Waals surface area contributed by atoms with Crippen LogP contribution in [0.4, 0.5) is 0 Å². The highest BCUT2D eigenvalue weighted by atomic mass is 32.1. The maximum absolute atomic E-state index is 5.43. The van der Waals surface area contributed by atoms with Crippen molar-refractivity contribution in [3.63, 3.8) is 0 Å². The van der Waals surface area contributed by atoms with E-state index in [1.54, 1.807) is 0 Å². The maximum atomic E-state index is 5.43. The second kappa shape index (κ2) is 3.59. The number of nitrogens with two attached hydrogens (primary N) is 1. The van der Waals surface area contributed by atoms with Gasteiger partial charge in [-0.15, -0.1) is 5.10 Å². The lowest BCUT2D eigenvalue weighted by molar-refractivity contribution is 1.08. The van der Waals surface area contributed by atoms with Crippen LogP contribution in [0.15, 0.2) is 5.57 Å². The van der Waals surface area contributed by atoms with Crippen molar-refractivity contribution < 1.29 is 0 Å². The molecule has 0 radical (unpaired) electrons. The van der Waals surface area contributed by atoms with Gasteiger partial charge in [0.25, 0.3) is 0 Å². The Morgan fingerprint density at radius 1 is 1.73 bits per heavy atom. The van der Waals surface area contributed by atoms with E-state index in [1.807, 2.05) is 19.9 Å². The third-order valence-corrected chi connectivity index (χ3v) is 2.16. The van der Waals surface area contributed by atoms with Gasteiger partial charge in [-0.25, -0.2) is 0 Å². The Hall–Kier alpha value is -0.740. The molecule has 0 fully saturated rings. The van der Waals surface area contributed by atoms with Crippen molar-refractivity contribution in [3.8, 4) is 0 Å². The Labute approximate surface area is 70.1 Å². The number of nitrogens with zero attached hydrogens (tertiary/aromatic N) is 2. The van der Waals surface area contributed by atoms with Crippen LogP contribution in [0.3, 0.4) is 0 Å². The Kier molecular flexibility index (Phi) is 2.73. The van der Waals surface area contributed by atoms with Crippen LogP contribution in [-0.4, -0.2) is 16.1 Å². The highest BCUT2D eigenvalue weighted by Gasteiger charge is 1.98. The molecular weight excluding hydrogens is 158 g/mol. The molecule has 1 aromatic heterocycles. The van der Waals surface area contributed by atoms with E-state index >= 15 is 0 Å². The Morgan fingerprint density at radius 3 is 2.91 bits per heavy atom. The zero-order chi connectivity index (χ0) is 8.27. The van der Waals surface area contributed by atoms with Gasteiger partial charge in [-0.05, 0) is 31.5 Å². The summed E-state index contributed by atoms with van der Waals surface area (Å²) in [6.45, 7) is 4.54. The average Bonchev–Trinajstić information content (AvgIpc) is 2.37. The Morgan fingerprint density at radius 2 is 2.45 bits per heavy atom. The first-order valence-corrected chi connectivity index (χ1v) is 4.17. The summed E-state index contributed by atoms with van der Waals surface area (Å²) in [4.78, 5) is 1.10. The Balaban J connectivity index is 2.86. The predicted octanol–water partition coefficient (Wildman–Crippen LogP) is 1.21. The highest BCUT2D eigenvalue weighted by Crippen LogP contribution is 2.12. The topological polar surface area (TPSA) is 51.8 Å². The van der Waals surface area contributed by atoms with Gasteiger partial charge in [-0.2, -0.15) is 0 Å². The molecule has 0 amide bonds. The van der Waals surface area contributed by atoms with Gasteiger partial charge in [0.05, 0.1) is 10.6 Å². The van der Waals surface area contributed by atoms with Crippen LogP contribution < -0.4 is 5.73 Å². The molecule has 0 aliphatic carbocycles. The summed E-state index contributed by atoms with van der Waals surface area (Å²) in [7, 11) is 0. The van der Waals surface area contributed by atoms with Crippen LogP contribution >= 0.6 is 11.5 Å². The summed E-state index contributed by atoms with van der Waals surface area (Å²) in [5, 5.41) is 3.89. The number of aryl methyl sites for hydroxylation is 1. The second-order valence-electron chi connectivity index (χ2n) is 2.42. The molecule has 0 atom stereocenters. The largest absolute Gasteiger partial charge is 0.327 e. The van der Waals surface area contributed by atoms with E-state index in [2.05, 4.69) is 9.59 Å². The highest BCUT2D eigenvalue weighted by molar-refractivity contribution is 7.06. The summed E-state index contributed by atoms with van der Waals surface area (Å²) >= 11 is 1.40. The fourth-order valence-electron chi connectivity index (χ4n) is 0.654. The normalized spacial score (nSPS) is 12.1. The zero-order valence-corrected chi connectivity index (χ0v) is 7.48. The Bertz CT molecular complexity index is 264. The first-order valence-electron chi connectivity index (χ1n) is 3.40. The minimum absolute atomic E-state index is 0.595. The summed E-state index contributed by atoms with van der Waals surface area (Å²) in [5.41, 5.74) is 7.56. The fourth-order valence-corrected chi connectivity index (χ4v) is 1.33.